The Hall–Kier alpha value is -1.08. The zero-order chi connectivity index (χ0) is 16.1. The first-order valence-corrected chi connectivity index (χ1v) is 9.15. The average Bonchev–Trinajstić information content (AvgIpc) is 2.49. The molecule has 0 heterocycles. The second-order valence-corrected chi connectivity index (χ2v) is 7.09. The van der Waals surface area contributed by atoms with Gasteiger partial charge in [-0.15, -0.1) is 0 Å². The van der Waals surface area contributed by atoms with E-state index in [1.165, 1.54) is 63.5 Å². The standard InChI is InChI=1S/C21H36N/c1-4-5-6-7-8-9-10-11-12-16-19-22(2,3)20-21-17-14-13-15-18-21/h5-6,13-15,17-18H,4,7-12,16,19-20H2,1-3H3/q+1. The van der Waals surface area contributed by atoms with Gasteiger partial charge in [-0.05, 0) is 32.1 Å². The molecule has 0 aliphatic rings. The molecule has 1 aromatic carbocycles. The van der Waals surface area contributed by atoms with Gasteiger partial charge in [-0.2, -0.15) is 0 Å². The summed E-state index contributed by atoms with van der Waals surface area (Å²) in [7, 11) is 4.71. The second-order valence-electron chi connectivity index (χ2n) is 7.09. The number of hydrogen-bond acceptors (Lipinski definition) is 0. The molecular formula is C21H36N+. The van der Waals surface area contributed by atoms with Crippen molar-refractivity contribution in [3.63, 3.8) is 0 Å². The van der Waals surface area contributed by atoms with Crippen LogP contribution in [0, 0.1) is 0 Å². The number of unbranched alkanes of at least 4 members (excludes halogenated alkanes) is 6. The Morgan fingerprint density at radius 1 is 0.818 bits per heavy atom. The fraction of sp³-hybridized carbons (Fsp3) is 0.619. The van der Waals surface area contributed by atoms with Crippen molar-refractivity contribution < 1.29 is 4.48 Å². The lowest BCUT2D eigenvalue weighted by atomic mass is 10.1. The van der Waals surface area contributed by atoms with E-state index in [0.29, 0.717) is 0 Å². The predicted molar refractivity (Wildman–Crippen MR) is 98.9 cm³/mol. The summed E-state index contributed by atoms with van der Waals surface area (Å²) in [5.41, 5.74) is 1.45. The maximum Gasteiger partial charge on any atom is 0.104 e. The number of nitrogens with zero attached hydrogens (tertiary/aromatic N) is 1. The minimum absolute atomic E-state index is 1.10. The Bertz CT molecular complexity index is 392. The van der Waals surface area contributed by atoms with Crippen molar-refractivity contribution in [2.24, 2.45) is 0 Å². The maximum atomic E-state index is 2.35. The number of rotatable bonds is 12. The molecule has 0 aromatic heterocycles. The first kappa shape index (κ1) is 19.0. The molecule has 1 aromatic rings. The third-order valence-corrected chi connectivity index (χ3v) is 4.24. The Kier molecular flexibility index (Phi) is 9.90. The highest BCUT2D eigenvalue weighted by atomic mass is 15.3. The highest BCUT2D eigenvalue weighted by Gasteiger charge is 2.14. The molecule has 22 heavy (non-hydrogen) atoms. The van der Waals surface area contributed by atoms with E-state index in [1.54, 1.807) is 0 Å². The van der Waals surface area contributed by atoms with Crippen molar-refractivity contribution in [2.75, 3.05) is 20.6 Å². The van der Waals surface area contributed by atoms with Gasteiger partial charge in [0.2, 0.25) is 0 Å². The van der Waals surface area contributed by atoms with Crippen molar-refractivity contribution in [1.29, 1.82) is 0 Å². The van der Waals surface area contributed by atoms with Crippen LogP contribution in [0.5, 0.6) is 0 Å². The lowest BCUT2D eigenvalue weighted by Crippen LogP contribution is -2.39. The zero-order valence-electron chi connectivity index (χ0n) is 15.1. The third-order valence-electron chi connectivity index (χ3n) is 4.24. The molecule has 0 fully saturated rings. The highest BCUT2D eigenvalue weighted by Crippen LogP contribution is 2.13. The summed E-state index contributed by atoms with van der Waals surface area (Å²) < 4.78 is 1.10. The molecule has 0 atom stereocenters. The molecule has 0 radical (unpaired) electrons. The summed E-state index contributed by atoms with van der Waals surface area (Å²) in [6.45, 7) is 4.63. The van der Waals surface area contributed by atoms with Gasteiger partial charge in [-0.1, -0.05) is 68.7 Å². The first-order valence-electron chi connectivity index (χ1n) is 9.15. The molecule has 0 bridgehead atoms. The van der Waals surface area contributed by atoms with E-state index in [9.17, 15) is 0 Å². The van der Waals surface area contributed by atoms with Crippen molar-refractivity contribution in [1.82, 2.24) is 0 Å². The van der Waals surface area contributed by atoms with Crippen molar-refractivity contribution in [3.8, 4) is 0 Å². The molecular weight excluding hydrogens is 266 g/mol. The molecule has 0 spiro atoms. The van der Waals surface area contributed by atoms with Gasteiger partial charge in [-0.25, -0.2) is 0 Å². The van der Waals surface area contributed by atoms with Crippen LogP contribution in [-0.4, -0.2) is 25.1 Å². The summed E-state index contributed by atoms with van der Waals surface area (Å²) in [6, 6.07) is 10.9. The van der Waals surface area contributed by atoms with E-state index in [-0.39, 0.29) is 0 Å². The SMILES string of the molecule is CCC=CCCCCCCCC[N+](C)(C)Cc1ccccc1. The largest absolute Gasteiger partial charge is 0.325 e. The van der Waals surface area contributed by atoms with Gasteiger partial charge in [0.15, 0.2) is 0 Å². The Balaban J connectivity index is 2.02. The zero-order valence-corrected chi connectivity index (χ0v) is 15.1. The lowest BCUT2D eigenvalue weighted by molar-refractivity contribution is -0.903. The van der Waals surface area contributed by atoms with Crippen LogP contribution in [0.4, 0.5) is 0 Å². The summed E-state index contributed by atoms with van der Waals surface area (Å²) in [5, 5.41) is 0. The quantitative estimate of drug-likeness (QED) is 0.254. The molecule has 0 saturated carbocycles. The minimum Gasteiger partial charge on any atom is -0.325 e. The molecule has 1 heteroatoms. The van der Waals surface area contributed by atoms with Crippen LogP contribution in [0.1, 0.15) is 63.9 Å². The van der Waals surface area contributed by atoms with Crippen LogP contribution in [0.2, 0.25) is 0 Å². The average molecular weight is 303 g/mol. The second kappa shape index (κ2) is 11.5. The normalized spacial score (nSPS) is 12.1. The highest BCUT2D eigenvalue weighted by molar-refractivity contribution is 5.13. The monoisotopic (exact) mass is 302 g/mol. The third kappa shape index (κ3) is 9.78. The Morgan fingerprint density at radius 3 is 2.14 bits per heavy atom. The van der Waals surface area contributed by atoms with E-state index in [0.717, 1.165) is 11.0 Å². The molecule has 0 unspecified atom stereocenters. The van der Waals surface area contributed by atoms with E-state index in [4.69, 9.17) is 0 Å². The van der Waals surface area contributed by atoms with Crippen LogP contribution in [0.3, 0.4) is 0 Å². The smallest absolute Gasteiger partial charge is 0.104 e. The molecule has 0 aliphatic carbocycles. The topological polar surface area (TPSA) is 0 Å². The van der Waals surface area contributed by atoms with Gasteiger partial charge in [0.05, 0.1) is 20.6 Å². The first-order chi connectivity index (χ1) is 10.6. The number of benzene rings is 1. The fourth-order valence-electron chi connectivity index (χ4n) is 2.95. The fourth-order valence-corrected chi connectivity index (χ4v) is 2.95. The Morgan fingerprint density at radius 2 is 1.45 bits per heavy atom. The minimum atomic E-state index is 1.10. The van der Waals surface area contributed by atoms with Crippen LogP contribution >= 0.6 is 0 Å². The van der Waals surface area contributed by atoms with Gasteiger partial charge in [0, 0.05) is 5.56 Å². The van der Waals surface area contributed by atoms with Crippen LogP contribution < -0.4 is 0 Å². The molecule has 1 rings (SSSR count). The summed E-state index contributed by atoms with van der Waals surface area (Å²) in [4.78, 5) is 0. The van der Waals surface area contributed by atoms with Crippen LogP contribution in [-0.2, 0) is 6.54 Å². The molecule has 1 nitrogen and oxygen atoms in total. The van der Waals surface area contributed by atoms with Gasteiger partial charge in [0.25, 0.3) is 0 Å². The lowest BCUT2D eigenvalue weighted by Gasteiger charge is -2.30. The van der Waals surface area contributed by atoms with Crippen molar-refractivity contribution in [3.05, 3.63) is 48.0 Å². The van der Waals surface area contributed by atoms with Gasteiger partial charge < -0.3 is 4.48 Å². The molecule has 0 saturated heterocycles. The Labute approximate surface area is 138 Å². The number of quaternary nitrogens is 1. The van der Waals surface area contributed by atoms with E-state index >= 15 is 0 Å². The number of allylic oxidation sites excluding steroid dienone is 2. The number of hydrogen-bond donors (Lipinski definition) is 0. The van der Waals surface area contributed by atoms with E-state index < -0.39 is 0 Å². The predicted octanol–water partition coefficient (Wildman–Crippen LogP) is 5.96. The van der Waals surface area contributed by atoms with Crippen molar-refractivity contribution >= 4 is 0 Å². The van der Waals surface area contributed by atoms with Gasteiger partial charge in [-0.3, -0.25) is 0 Å². The van der Waals surface area contributed by atoms with Gasteiger partial charge >= 0.3 is 0 Å². The molecule has 124 valence electrons. The van der Waals surface area contributed by atoms with Crippen LogP contribution in [0.25, 0.3) is 0 Å². The van der Waals surface area contributed by atoms with Gasteiger partial charge in [0.1, 0.15) is 6.54 Å². The van der Waals surface area contributed by atoms with Crippen LogP contribution in [0.15, 0.2) is 42.5 Å². The molecule has 0 N–H and O–H groups in total. The summed E-state index contributed by atoms with van der Waals surface area (Å²) in [6.07, 6.45) is 15.4. The summed E-state index contributed by atoms with van der Waals surface area (Å²) in [5.74, 6) is 0. The molecule has 0 amide bonds. The van der Waals surface area contributed by atoms with Crippen molar-refractivity contribution in [2.45, 2.75) is 64.8 Å². The maximum absolute atomic E-state index is 2.35. The van der Waals surface area contributed by atoms with E-state index in [1.807, 2.05) is 0 Å². The van der Waals surface area contributed by atoms with E-state index in [2.05, 4.69) is 63.5 Å². The summed E-state index contributed by atoms with van der Waals surface area (Å²) >= 11 is 0. The molecule has 0 aliphatic heterocycles.